The Morgan fingerprint density at radius 1 is 1.23 bits per heavy atom. The van der Waals surface area contributed by atoms with E-state index in [1.54, 1.807) is 12.3 Å². The maximum Gasteiger partial charge on any atom is 0.243 e. The van der Waals surface area contributed by atoms with Crippen molar-refractivity contribution in [2.75, 3.05) is 38.1 Å². The van der Waals surface area contributed by atoms with Crippen LogP contribution in [0.4, 0.5) is 10.2 Å². The average Bonchev–Trinajstić information content (AvgIpc) is 2.63. The molecule has 0 radical (unpaired) electrons. The van der Waals surface area contributed by atoms with E-state index < -0.39 is 20.7 Å². The summed E-state index contributed by atoms with van der Waals surface area (Å²) in [6.07, 6.45) is 1.65. The molecule has 1 aromatic heterocycles. The van der Waals surface area contributed by atoms with E-state index in [0.717, 1.165) is 37.6 Å². The molecule has 1 saturated heterocycles. The first kappa shape index (κ1) is 19.0. The fraction of sp³-hybridized carbons (Fsp3) is 0.353. The summed E-state index contributed by atoms with van der Waals surface area (Å²) in [4.78, 5) is 8.31. The second-order valence-electron chi connectivity index (χ2n) is 6.19. The lowest BCUT2D eigenvalue weighted by atomic mass is 10.2. The Balaban J connectivity index is 1.71. The number of piperazine rings is 1. The van der Waals surface area contributed by atoms with Gasteiger partial charge in [0.2, 0.25) is 10.0 Å². The molecule has 0 unspecified atom stereocenters. The highest BCUT2D eigenvalue weighted by Crippen LogP contribution is 2.22. The van der Waals surface area contributed by atoms with Crippen molar-refractivity contribution >= 4 is 27.4 Å². The molecule has 3 rings (SSSR count). The highest BCUT2D eigenvalue weighted by atomic mass is 35.5. The zero-order valence-electron chi connectivity index (χ0n) is 14.3. The van der Waals surface area contributed by atoms with Gasteiger partial charge in [0, 0.05) is 38.9 Å². The minimum absolute atomic E-state index is 0.0392. The number of benzene rings is 1. The molecular formula is C17H20ClFN4O2S. The van der Waals surface area contributed by atoms with Crippen LogP contribution >= 0.6 is 11.6 Å². The quantitative estimate of drug-likeness (QED) is 0.835. The Morgan fingerprint density at radius 3 is 2.69 bits per heavy atom. The highest BCUT2D eigenvalue weighted by molar-refractivity contribution is 7.89. The van der Waals surface area contributed by atoms with Crippen molar-refractivity contribution < 1.29 is 12.8 Å². The maximum atomic E-state index is 14.0. The van der Waals surface area contributed by atoms with Gasteiger partial charge in [-0.1, -0.05) is 17.7 Å². The van der Waals surface area contributed by atoms with Crippen LogP contribution in [0.1, 0.15) is 5.56 Å². The van der Waals surface area contributed by atoms with Crippen LogP contribution in [0.5, 0.6) is 0 Å². The fourth-order valence-electron chi connectivity index (χ4n) is 2.73. The number of anilines is 1. The van der Waals surface area contributed by atoms with Crippen LogP contribution < -0.4 is 9.62 Å². The number of hydrogen-bond acceptors (Lipinski definition) is 5. The van der Waals surface area contributed by atoms with E-state index in [4.69, 9.17) is 11.6 Å². The predicted octanol–water partition coefficient (Wildman–Crippen LogP) is 2.10. The average molecular weight is 399 g/mol. The number of hydrogen-bond donors (Lipinski definition) is 1. The third-order valence-corrected chi connectivity index (χ3v) is 6.02. The first-order chi connectivity index (χ1) is 12.4. The smallest absolute Gasteiger partial charge is 0.243 e. The van der Waals surface area contributed by atoms with Gasteiger partial charge in [0.25, 0.3) is 0 Å². The third-order valence-electron chi connectivity index (χ3n) is 4.31. The summed E-state index contributed by atoms with van der Waals surface area (Å²) < 4.78 is 41.1. The number of likely N-dealkylation sites (N-methyl/N-ethyl adjacent to an activating group) is 1. The molecule has 6 nitrogen and oxygen atoms in total. The maximum absolute atomic E-state index is 14.0. The molecule has 140 valence electrons. The molecule has 9 heteroatoms. The van der Waals surface area contributed by atoms with E-state index in [-0.39, 0.29) is 11.6 Å². The Bertz CT molecular complexity index is 886. The monoisotopic (exact) mass is 398 g/mol. The molecule has 0 atom stereocenters. The van der Waals surface area contributed by atoms with Crippen LogP contribution in [-0.2, 0) is 16.6 Å². The molecule has 1 aliphatic heterocycles. The van der Waals surface area contributed by atoms with E-state index in [2.05, 4.69) is 26.6 Å². The third kappa shape index (κ3) is 4.32. The molecule has 2 heterocycles. The first-order valence-electron chi connectivity index (χ1n) is 8.19. The normalized spacial score (nSPS) is 16.0. The lowest BCUT2D eigenvalue weighted by Crippen LogP contribution is -2.44. The van der Waals surface area contributed by atoms with Gasteiger partial charge in [-0.05, 0) is 36.9 Å². The first-order valence-corrected chi connectivity index (χ1v) is 10.0. The van der Waals surface area contributed by atoms with E-state index >= 15 is 0 Å². The van der Waals surface area contributed by atoms with E-state index in [1.165, 1.54) is 18.2 Å². The Hall–Kier alpha value is -1.74. The van der Waals surface area contributed by atoms with Crippen molar-refractivity contribution in [1.82, 2.24) is 14.6 Å². The summed E-state index contributed by atoms with van der Waals surface area (Å²) in [5.74, 6) is -0.141. The van der Waals surface area contributed by atoms with Crippen LogP contribution in [-0.4, -0.2) is 51.5 Å². The highest BCUT2D eigenvalue weighted by Gasteiger charge is 2.21. The largest absolute Gasteiger partial charge is 0.354 e. The SMILES string of the molecule is CN1CCN(c2cc(CNS(=O)(=O)c3cccc(Cl)c3F)ccn2)CC1. The number of nitrogens with one attached hydrogen (secondary N) is 1. The Morgan fingerprint density at radius 2 is 1.96 bits per heavy atom. The standard InChI is InChI=1S/C17H20ClFN4O2S/c1-22-7-9-23(10-8-22)16-11-13(5-6-20-16)12-21-26(24,25)15-4-2-3-14(18)17(15)19/h2-6,11,21H,7-10,12H2,1H3. The van der Waals surface area contributed by atoms with Crippen LogP contribution in [0.25, 0.3) is 0 Å². The second kappa shape index (κ2) is 7.87. The summed E-state index contributed by atoms with van der Waals surface area (Å²) in [6, 6.07) is 7.48. The van der Waals surface area contributed by atoms with E-state index in [9.17, 15) is 12.8 Å². The van der Waals surface area contributed by atoms with Gasteiger partial charge in [0.1, 0.15) is 10.7 Å². The van der Waals surface area contributed by atoms with Crippen LogP contribution in [0.2, 0.25) is 5.02 Å². The van der Waals surface area contributed by atoms with Crippen molar-refractivity contribution in [2.24, 2.45) is 0 Å². The summed E-state index contributed by atoms with van der Waals surface area (Å²) in [5.41, 5.74) is 0.750. The van der Waals surface area contributed by atoms with Gasteiger partial charge >= 0.3 is 0 Å². The number of rotatable bonds is 5. The predicted molar refractivity (Wildman–Crippen MR) is 99.4 cm³/mol. The van der Waals surface area contributed by atoms with Crippen molar-refractivity contribution in [3.8, 4) is 0 Å². The van der Waals surface area contributed by atoms with Gasteiger partial charge in [-0.25, -0.2) is 22.5 Å². The zero-order chi connectivity index (χ0) is 18.7. The van der Waals surface area contributed by atoms with Crippen molar-refractivity contribution in [3.63, 3.8) is 0 Å². The lowest BCUT2D eigenvalue weighted by Gasteiger charge is -2.33. The van der Waals surface area contributed by atoms with Gasteiger partial charge in [0.05, 0.1) is 5.02 Å². The summed E-state index contributed by atoms with van der Waals surface area (Å²) in [5, 5.41) is -0.228. The van der Waals surface area contributed by atoms with Crippen molar-refractivity contribution in [1.29, 1.82) is 0 Å². The van der Waals surface area contributed by atoms with Gasteiger partial charge in [-0.15, -0.1) is 0 Å². The van der Waals surface area contributed by atoms with Gasteiger partial charge < -0.3 is 9.80 Å². The zero-order valence-corrected chi connectivity index (χ0v) is 15.9. The van der Waals surface area contributed by atoms with E-state index in [0.29, 0.717) is 0 Å². The summed E-state index contributed by atoms with van der Waals surface area (Å²) in [7, 11) is -1.93. The summed E-state index contributed by atoms with van der Waals surface area (Å²) in [6.45, 7) is 3.68. The minimum Gasteiger partial charge on any atom is -0.354 e. The van der Waals surface area contributed by atoms with Crippen LogP contribution in [0.15, 0.2) is 41.4 Å². The molecule has 1 aliphatic rings. The molecule has 0 spiro atoms. The molecule has 0 aliphatic carbocycles. The van der Waals surface area contributed by atoms with Gasteiger partial charge in [0.15, 0.2) is 5.82 Å². The van der Waals surface area contributed by atoms with Gasteiger partial charge in [-0.3, -0.25) is 0 Å². The number of pyridine rings is 1. The molecule has 0 saturated carbocycles. The second-order valence-corrected chi connectivity index (χ2v) is 8.33. The summed E-state index contributed by atoms with van der Waals surface area (Å²) >= 11 is 5.67. The number of halogens is 2. The Kier molecular flexibility index (Phi) is 5.76. The number of sulfonamides is 1. The molecule has 0 amide bonds. The lowest BCUT2D eigenvalue weighted by molar-refractivity contribution is 0.312. The number of aromatic nitrogens is 1. The van der Waals surface area contributed by atoms with E-state index in [1.807, 2.05) is 6.07 Å². The minimum atomic E-state index is -4.01. The van der Waals surface area contributed by atoms with Gasteiger partial charge in [-0.2, -0.15) is 0 Å². The van der Waals surface area contributed by atoms with Crippen molar-refractivity contribution in [3.05, 3.63) is 52.9 Å². The molecule has 0 bridgehead atoms. The van der Waals surface area contributed by atoms with Crippen molar-refractivity contribution in [2.45, 2.75) is 11.4 Å². The van der Waals surface area contributed by atoms with Crippen LogP contribution in [0, 0.1) is 5.82 Å². The fourth-order valence-corrected chi connectivity index (χ4v) is 4.07. The molecule has 1 fully saturated rings. The topological polar surface area (TPSA) is 65.5 Å². The molecule has 2 aromatic rings. The Labute approximate surface area is 157 Å². The molecular weight excluding hydrogens is 379 g/mol. The molecule has 1 N–H and O–H groups in total. The molecule has 26 heavy (non-hydrogen) atoms. The molecule has 1 aromatic carbocycles. The van der Waals surface area contributed by atoms with Crippen LogP contribution in [0.3, 0.4) is 0 Å². The number of nitrogens with zero attached hydrogens (tertiary/aromatic N) is 3.